The maximum atomic E-state index is 4.86. The molecule has 0 spiro atoms. The van der Waals surface area contributed by atoms with E-state index in [0.717, 1.165) is 11.0 Å². The normalized spacial score (nSPS) is 9.00. The molecule has 0 aromatic rings. The minimum atomic E-state index is 0.600. The van der Waals surface area contributed by atoms with Crippen molar-refractivity contribution >= 4 is 22.6 Å². The highest BCUT2D eigenvalue weighted by Gasteiger charge is 1.74. The van der Waals surface area contributed by atoms with Crippen molar-refractivity contribution in [2.24, 2.45) is 0 Å². The topological polar surface area (TPSA) is 9.23 Å². The van der Waals surface area contributed by atoms with Crippen molar-refractivity contribution in [3.63, 3.8) is 0 Å². The lowest BCUT2D eigenvalue weighted by Crippen LogP contribution is -1.92. The first-order chi connectivity index (χ1) is 2.91. The molecule has 0 saturated carbocycles. The Morgan fingerprint density at radius 3 is 2.50 bits per heavy atom. The summed E-state index contributed by atoms with van der Waals surface area (Å²) in [6.07, 6.45) is 0. The van der Waals surface area contributed by atoms with E-state index < -0.39 is 0 Å². The summed E-state index contributed by atoms with van der Waals surface area (Å²) in [6, 6.07) is 0. The molecule has 0 aliphatic heterocycles. The molecule has 0 amide bonds. The minimum absolute atomic E-state index is 0.600. The van der Waals surface area contributed by atoms with Crippen molar-refractivity contribution < 1.29 is 4.74 Å². The lowest BCUT2D eigenvalue weighted by molar-refractivity contribution is 0.180. The summed E-state index contributed by atoms with van der Waals surface area (Å²) in [4.78, 5) is 0. The van der Waals surface area contributed by atoms with E-state index in [4.69, 9.17) is 4.74 Å². The highest BCUT2D eigenvalue weighted by molar-refractivity contribution is 14.1. The second-order valence-corrected chi connectivity index (χ2v) is 1.88. The van der Waals surface area contributed by atoms with Gasteiger partial charge in [0, 0.05) is 11.0 Å². The van der Waals surface area contributed by atoms with Crippen LogP contribution in [0.3, 0.4) is 0 Å². The van der Waals surface area contributed by atoms with Crippen LogP contribution in [0.4, 0.5) is 0 Å². The van der Waals surface area contributed by atoms with Crippen molar-refractivity contribution in [2.75, 3.05) is 17.6 Å². The van der Waals surface area contributed by atoms with Crippen LogP contribution in [-0.4, -0.2) is 17.6 Å². The highest BCUT2D eigenvalue weighted by Crippen LogP contribution is 1.79. The van der Waals surface area contributed by atoms with Crippen molar-refractivity contribution in [1.29, 1.82) is 0 Å². The first-order valence-electron chi connectivity index (χ1n) is 1.84. The molecule has 0 aromatic carbocycles. The maximum absolute atomic E-state index is 4.86. The van der Waals surface area contributed by atoms with Gasteiger partial charge in [0.2, 0.25) is 0 Å². The molecule has 1 nitrogen and oxygen atoms in total. The molecule has 0 unspecified atom stereocenters. The molecule has 0 atom stereocenters. The number of alkyl halides is 1. The van der Waals surface area contributed by atoms with Crippen molar-refractivity contribution in [3.05, 3.63) is 6.92 Å². The van der Waals surface area contributed by atoms with Crippen LogP contribution >= 0.6 is 22.6 Å². The van der Waals surface area contributed by atoms with Gasteiger partial charge in [0.15, 0.2) is 0 Å². The molecule has 0 rings (SSSR count). The lowest BCUT2D eigenvalue weighted by atomic mass is 10.8. The Morgan fingerprint density at radius 1 is 1.67 bits per heavy atom. The fourth-order valence-corrected chi connectivity index (χ4v) is 0.468. The van der Waals surface area contributed by atoms with Gasteiger partial charge in [0.1, 0.15) is 0 Å². The van der Waals surface area contributed by atoms with E-state index in [0.29, 0.717) is 6.61 Å². The number of halogens is 1. The molecule has 0 aliphatic rings. The van der Waals surface area contributed by atoms with Gasteiger partial charge in [-0.2, -0.15) is 0 Å². The molecule has 2 heteroatoms. The van der Waals surface area contributed by atoms with E-state index in [9.17, 15) is 0 Å². The van der Waals surface area contributed by atoms with E-state index in [-0.39, 0.29) is 0 Å². The lowest BCUT2D eigenvalue weighted by Gasteiger charge is -1.90. The summed E-state index contributed by atoms with van der Waals surface area (Å²) in [7, 11) is 0. The van der Waals surface area contributed by atoms with E-state index in [2.05, 4.69) is 29.5 Å². The molecule has 37 valence electrons. The van der Waals surface area contributed by atoms with Crippen molar-refractivity contribution in [2.45, 2.75) is 0 Å². The Bertz CT molecular complexity index is 19.5. The van der Waals surface area contributed by atoms with Gasteiger partial charge in [0.25, 0.3) is 0 Å². The Balaban J connectivity index is 2.34. The number of hydrogen-bond acceptors (Lipinski definition) is 1. The SMILES string of the molecule is [CH2]COCCI. The molecule has 0 aliphatic carbocycles. The summed E-state index contributed by atoms with van der Waals surface area (Å²) >= 11 is 2.26. The third-order valence-corrected chi connectivity index (χ3v) is 0.806. The number of rotatable bonds is 3. The quantitative estimate of drug-likeness (QED) is 0.377. The van der Waals surface area contributed by atoms with Crippen LogP contribution in [0.5, 0.6) is 0 Å². The van der Waals surface area contributed by atoms with Gasteiger partial charge in [0.05, 0.1) is 6.61 Å². The van der Waals surface area contributed by atoms with E-state index in [1.165, 1.54) is 0 Å². The van der Waals surface area contributed by atoms with Crippen LogP contribution < -0.4 is 0 Å². The largest absolute Gasteiger partial charge is 0.381 e. The van der Waals surface area contributed by atoms with E-state index >= 15 is 0 Å². The molecular formula is C4H8IO. The fraction of sp³-hybridized carbons (Fsp3) is 0.750. The smallest absolute Gasteiger partial charge is 0.0555 e. The molecule has 1 radical (unpaired) electrons. The summed E-state index contributed by atoms with van der Waals surface area (Å²) in [5.74, 6) is 0. The summed E-state index contributed by atoms with van der Waals surface area (Å²) in [6.45, 7) is 4.94. The predicted molar refractivity (Wildman–Crippen MR) is 35.1 cm³/mol. The Labute approximate surface area is 52.2 Å². The first kappa shape index (κ1) is 6.69. The minimum Gasteiger partial charge on any atom is -0.381 e. The molecular weight excluding hydrogens is 191 g/mol. The van der Waals surface area contributed by atoms with Crippen LogP contribution in [-0.2, 0) is 4.74 Å². The summed E-state index contributed by atoms with van der Waals surface area (Å²) < 4.78 is 5.93. The van der Waals surface area contributed by atoms with Crippen LogP contribution in [0.1, 0.15) is 0 Å². The summed E-state index contributed by atoms with van der Waals surface area (Å²) in [5.41, 5.74) is 0. The predicted octanol–water partition coefficient (Wildman–Crippen LogP) is 1.27. The second-order valence-electron chi connectivity index (χ2n) is 0.801. The Hall–Kier alpha value is 0.690. The zero-order valence-electron chi connectivity index (χ0n) is 3.61. The van der Waals surface area contributed by atoms with Gasteiger partial charge in [-0.15, -0.1) is 0 Å². The highest BCUT2D eigenvalue weighted by atomic mass is 127. The Kier molecular flexibility index (Phi) is 6.34. The zero-order chi connectivity index (χ0) is 4.83. The second kappa shape index (κ2) is 5.69. The molecule has 6 heavy (non-hydrogen) atoms. The van der Waals surface area contributed by atoms with Gasteiger partial charge in [-0.3, -0.25) is 0 Å². The molecule has 0 aromatic heterocycles. The molecule has 0 bridgehead atoms. The van der Waals surface area contributed by atoms with E-state index in [1.54, 1.807) is 0 Å². The van der Waals surface area contributed by atoms with Gasteiger partial charge in [-0.05, 0) is 6.92 Å². The van der Waals surface area contributed by atoms with E-state index in [1.807, 2.05) is 0 Å². The van der Waals surface area contributed by atoms with Crippen molar-refractivity contribution in [3.8, 4) is 0 Å². The van der Waals surface area contributed by atoms with Crippen LogP contribution in [0.2, 0.25) is 0 Å². The van der Waals surface area contributed by atoms with Gasteiger partial charge >= 0.3 is 0 Å². The number of hydrogen-bond donors (Lipinski definition) is 0. The molecule has 0 fully saturated rings. The first-order valence-corrected chi connectivity index (χ1v) is 3.37. The van der Waals surface area contributed by atoms with Gasteiger partial charge in [-0.1, -0.05) is 22.6 Å². The molecule has 0 heterocycles. The number of ether oxygens (including phenoxy) is 1. The average molecular weight is 199 g/mol. The standard InChI is InChI=1S/C4H8IO/c1-2-6-4-3-5/h1-4H2. The third kappa shape index (κ3) is 4.69. The van der Waals surface area contributed by atoms with Crippen molar-refractivity contribution in [1.82, 2.24) is 0 Å². The van der Waals surface area contributed by atoms with Crippen LogP contribution in [0.15, 0.2) is 0 Å². The third-order valence-electron chi connectivity index (χ3n) is 0.366. The maximum Gasteiger partial charge on any atom is 0.0555 e. The van der Waals surface area contributed by atoms with Crippen LogP contribution in [0.25, 0.3) is 0 Å². The summed E-state index contributed by atoms with van der Waals surface area (Å²) in [5, 5.41) is 0. The van der Waals surface area contributed by atoms with Crippen LogP contribution in [0, 0.1) is 6.92 Å². The zero-order valence-corrected chi connectivity index (χ0v) is 5.77. The Morgan fingerprint density at radius 2 is 2.33 bits per heavy atom. The molecule has 0 N–H and O–H groups in total. The van der Waals surface area contributed by atoms with Gasteiger partial charge in [-0.25, -0.2) is 0 Å². The average Bonchev–Trinajstić information content (AvgIpc) is 1.61. The monoisotopic (exact) mass is 199 g/mol. The fourth-order valence-electron chi connectivity index (χ4n) is 0.157. The molecule has 0 saturated heterocycles. The van der Waals surface area contributed by atoms with Gasteiger partial charge < -0.3 is 4.74 Å².